The van der Waals surface area contributed by atoms with Crippen molar-refractivity contribution >= 4 is 5.97 Å². The Bertz CT molecular complexity index is 654. The van der Waals surface area contributed by atoms with Crippen molar-refractivity contribution in [3.63, 3.8) is 0 Å². The van der Waals surface area contributed by atoms with Crippen LogP contribution in [-0.4, -0.2) is 18.2 Å². The molecule has 1 aromatic heterocycles. The van der Waals surface area contributed by atoms with Crippen LogP contribution in [0.4, 0.5) is 0 Å². The molecule has 0 spiro atoms. The maximum atomic E-state index is 10.8. The van der Waals surface area contributed by atoms with Gasteiger partial charge in [0, 0.05) is 0 Å². The number of nitriles is 1. The molecule has 0 bridgehead atoms. The highest BCUT2D eigenvalue weighted by molar-refractivity contribution is 5.84. The molecule has 1 heterocycles. The van der Waals surface area contributed by atoms with Gasteiger partial charge in [-0.2, -0.15) is 5.26 Å². The Morgan fingerprint density at radius 1 is 1.40 bits per heavy atom. The van der Waals surface area contributed by atoms with E-state index < -0.39 is 11.9 Å². The quantitative estimate of drug-likeness (QED) is 0.904. The molecule has 0 fully saturated rings. The SMILES string of the molecule is COc1ccccc1CC(C#N)c1ccc(C(=O)O)o1. The molecule has 1 atom stereocenters. The molecule has 2 aromatic rings. The third-order valence-electron chi connectivity index (χ3n) is 2.95. The molecule has 0 saturated carbocycles. The minimum atomic E-state index is -1.15. The normalized spacial score (nSPS) is 11.6. The molecule has 0 aliphatic heterocycles. The fourth-order valence-electron chi connectivity index (χ4n) is 1.96. The van der Waals surface area contributed by atoms with Gasteiger partial charge in [0.05, 0.1) is 13.2 Å². The summed E-state index contributed by atoms with van der Waals surface area (Å²) in [5, 5.41) is 18.1. The van der Waals surface area contributed by atoms with E-state index >= 15 is 0 Å². The lowest BCUT2D eigenvalue weighted by molar-refractivity contribution is 0.0660. The second kappa shape index (κ2) is 5.93. The molecule has 20 heavy (non-hydrogen) atoms. The summed E-state index contributed by atoms with van der Waals surface area (Å²) < 4.78 is 10.4. The highest BCUT2D eigenvalue weighted by atomic mass is 16.5. The van der Waals surface area contributed by atoms with E-state index in [1.54, 1.807) is 7.11 Å². The molecule has 2 rings (SSSR count). The number of aromatic carboxylic acids is 1. The molecule has 5 nitrogen and oxygen atoms in total. The van der Waals surface area contributed by atoms with Crippen molar-refractivity contribution in [3.8, 4) is 11.8 Å². The smallest absolute Gasteiger partial charge is 0.371 e. The van der Waals surface area contributed by atoms with E-state index in [0.29, 0.717) is 17.9 Å². The Morgan fingerprint density at radius 3 is 2.75 bits per heavy atom. The summed E-state index contributed by atoms with van der Waals surface area (Å²) in [6, 6.07) is 12.4. The number of furan rings is 1. The first-order valence-electron chi connectivity index (χ1n) is 6.00. The molecule has 1 aromatic carbocycles. The summed E-state index contributed by atoms with van der Waals surface area (Å²) in [5.41, 5.74) is 0.870. The van der Waals surface area contributed by atoms with Crippen LogP contribution in [-0.2, 0) is 6.42 Å². The zero-order chi connectivity index (χ0) is 14.5. The number of nitrogens with zero attached hydrogens (tertiary/aromatic N) is 1. The maximum Gasteiger partial charge on any atom is 0.371 e. The van der Waals surface area contributed by atoms with Gasteiger partial charge in [-0.25, -0.2) is 4.79 Å². The first-order valence-corrected chi connectivity index (χ1v) is 6.00. The lowest BCUT2D eigenvalue weighted by atomic mass is 9.98. The Kier molecular flexibility index (Phi) is 4.06. The van der Waals surface area contributed by atoms with Gasteiger partial charge in [0.1, 0.15) is 17.4 Å². The summed E-state index contributed by atoms with van der Waals surface area (Å²) in [6.45, 7) is 0. The van der Waals surface area contributed by atoms with E-state index in [9.17, 15) is 10.1 Å². The van der Waals surface area contributed by atoms with Crippen LogP contribution >= 0.6 is 0 Å². The number of carbonyl (C=O) groups is 1. The zero-order valence-corrected chi connectivity index (χ0v) is 10.9. The highest BCUT2D eigenvalue weighted by Crippen LogP contribution is 2.27. The Hall–Kier alpha value is -2.74. The molecule has 1 unspecified atom stereocenters. The molecule has 102 valence electrons. The average Bonchev–Trinajstić information content (AvgIpc) is 2.95. The lowest BCUT2D eigenvalue weighted by Crippen LogP contribution is -2.01. The van der Waals surface area contributed by atoms with Crippen LogP contribution in [0.25, 0.3) is 0 Å². The van der Waals surface area contributed by atoms with Crippen LogP contribution in [0.15, 0.2) is 40.8 Å². The summed E-state index contributed by atoms with van der Waals surface area (Å²) in [6.07, 6.45) is 0.396. The number of carboxylic acid groups (broad SMARTS) is 1. The van der Waals surface area contributed by atoms with Gasteiger partial charge in [0.25, 0.3) is 0 Å². The Labute approximate surface area is 116 Å². The monoisotopic (exact) mass is 271 g/mol. The van der Waals surface area contributed by atoms with E-state index in [4.69, 9.17) is 14.3 Å². The van der Waals surface area contributed by atoms with Crippen LogP contribution in [0.2, 0.25) is 0 Å². The number of hydrogen-bond acceptors (Lipinski definition) is 4. The summed E-state index contributed by atoms with van der Waals surface area (Å²) in [7, 11) is 1.57. The summed E-state index contributed by atoms with van der Waals surface area (Å²) >= 11 is 0. The first-order chi connectivity index (χ1) is 9.65. The molecule has 0 radical (unpaired) electrons. The van der Waals surface area contributed by atoms with Crippen LogP contribution in [0.3, 0.4) is 0 Å². The number of methoxy groups -OCH3 is 1. The Balaban J connectivity index is 2.24. The van der Waals surface area contributed by atoms with E-state index in [1.165, 1.54) is 12.1 Å². The van der Waals surface area contributed by atoms with Crippen molar-refractivity contribution in [1.82, 2.24) is 0 Å². The van der Waals surface area contributed by atoms with Crippen molar-refractivity contribution in [2.75, 3.05) is 7.11 Å². The largest absolute Gasteiger partial charge is 0.496 e. The minimum Gasteiger partial charge on any atom is -0.496 e. The molecule has 5 heteroatoms. The summed E-state index contributed by atoms with van der Waals surface area (Å²) in [5.74, 6) is -0.835. The van der Waals surface area contributed by atoms with E-state index in [2.05, 4.69) is 6.07 Å². The third kappa shape index (κ3) is 2.81. The van der Waals surface area contributed by atoms with Gasteiger partial charge in [-0.3, -0.25) is 0 Å². The minimum absolute atomic E-state index is 0.166. The standard InChI is InChI=1S/C15H13NO4/c1-19-12-5-3-2-4-10(12)8-11(9-16)13-6-7-14(20-13)15(17)18/h2-7,11H,8H2,1H3,(H,17,18). The van der Waals surface area contributed by atoms with Crippen LogP contribution in [0, 0.1) is 11.3 Å². The second-order valence-electron chi connectivity index (χ2n) is 4.20. The van der Waals surface area contributed by atoms with E-state index in [-0.39, 0.29) is 5.76 Å². The van der Waals surface area contributed by atoms with Gasteiger partial charge >= 0.3 is 5.97 Å². The topological polar surface area (TPSA) is 83.5 Å². The molecule has 0 amide bonds. The first kappa shape index (κ1) is 13.7. The van der Waals surface area contributed by atoms with Crippen LogP contribution in [0.1, 0.15) is 27.8 Å². The fraction of sp³-hybridized carbons (Fsp3) is 0.200. The van der Waals surface area contributed by atoms with E-state index in [0.717, 1.165) is 5.56 Å². The molecule has 0 aliphatic rings. The number of ether oxygens (including phenoxy) is 1. The average molecular weight is 271 g/mol. The van der Waals surface area contributed by atoms with Crippen molar-refractivity contribution in [2.24, 2.45) is 0 Å². The van der Waals surface area contributed by atoms with Crippen molar-refractivity contribution in [1.29, 1.82) is 5.26 Å². The van der Waals surface area contributed by atoms with Crippen molar-refractivity contribution < 1.29 is 19.1 Å². The maximum absolute atomic E-state index is 10.8. The van der Waals surface area contributed by atoms with Crippen molar-refractivity contribution in [2.45, 2.75) is 12.3 Å². The molecule has 0 aliphatic carbocycles. The van der Waals surface area contributed by atoms with Gasteiger partial charge in [0.2, 0.25) is 5.76 Å². The van der Waals surface area contributed by atoms with Gasteiger partial charge in [-0.05, 0) is 30.2 Å². The molecule has 1 N–H and O–H groups in total. The third-order valence-corrected chi connectivity index (χ3v) is 2.95. The number of para-hydroxylation sites is 1. The van der Waals surface area contributed by atoms with E-state index in [1.807, 2.05) is 24.3 Å². The number of carboxylic acids is 1. The highest BCUT2D eigenvalue weighted by Gasteiger charge is 2.19. The number of hydrogen-bond donors (Lipinski definition) is 1. The van der Waals surface area contributed by atoms with Gasteiger partial charge < -0.3 is 14.3 Å². The molecular weight excluding hydrogens is 258 g/mol. The predicted molar refractivity (Wildman–Crippen MR) is 70.7 cm³/mol. The zero-order valence-electron chi connectivity index (χ0n) is 10.9. The van der Waals surface area contributed by atoms with Gasteiger partial charge in [-0.1, -0.05) is 18.2 Å². The van der Waals surface area contributed by atoms with Gasteiger partial charge in [0.15, 0.2) is 0 Å². The molecular formula is C15H13NO4. The number of benzene rings is 1. The molecule has 0 saturated heterocycles. The lowest BCUT2D eigenvalue weighted by Gasteiger charge is -2.10. The van der Waals surface area contributed by atoms with Crippen LogP contribution < -0.4 is 4.74 Å². The predicted octanol–water partition coefficient (Wildman–Crippen LogP) is 2.84. The van der Waals surface area contributed by atoms with Crippen LogP contribution in [0.5, 0.6) is 5.75 Å². The second-order valence-corrected chi connectivity index (χ2v) is 4.20. The fourth-order valence-corrected chi connectivity index (χ4v) is 1.96. The van der Waals surface area contributed by atoms with Gasteiger partial charge in [-0.15, -0.1) is 0 Å². The van der Waals surface area contributed by atoms with Crippen molar-refractivity contribution in [3.05, 3.63) is 53.5 Å². The summed E-state index contributed by atoms with van der Waals surface area (Å²) in [4.78, 5) is 10.8. The number of rotatable bonds is 5. The Morgan fingerprint density at radius 2 is 2.15 bits per heavy atom.